The van der Waals surface area contributed by atoms with Gasteiger partial charge in [-0.2, -0.15) is 0 Å². The maximum Gasteiger partial charge on any atom is 0.322 e. The molecule has 0 spiro atoms. The quantitative estimate of drug-likeness (QED) is 0.385. The highest BCUT2D eigenvalue weighted by atomic mass is 19.1. The Kier molecular flexibility index (Phi) is 6.92. The first-order valence-electron chi connectivity index (χ1n) is 11.1. The second-order valence-corrected chi connectivity index (χ2v) is 7.98. The summed E-state index contributed by atoms with van der Waals surface area (Å²) < 4.78 is 19.6. The molecule has 7 heteroatoms. The number of carbonyl (C=O) groups is 1. The molecule has 0 bridgehead atoms. The molecule has 174 valence electrons. The molecular formula is C27H26FN3O3. The van der Waals surface area contributed by atoms with Crippen LogP contribution < -0.4 is 15.6 Å². The molecule has 0 saturated carbocycles. The van der Waals surface area contributed by atoms with E-state index in [4.69, 9.17) is 4.74 Å². The van der Waals surface area contributed by atoms with Gasteiger partial charge in [-0.3, -0.25) is 4.79 Å². The average Bonchev–Trinajstić information content (AvgIpc) is 2.85. The van der Waals surface area contributed by atoms with Gasteiger partial charge in [-0.15, -0.1) is 0 Å². The number of aryl methyl sites for hydroxylation is 1. The highest BCUT2D eigenvalue weighted by molar-refractivity contribution is 5.89. The van der Waals surface area contributed by atoms with Crippen molar-refractivity contribution in [3.8, 4) is 5.75 Å². The summed E-state index contributed by atoms with van der Waals surface area (Å²) in [6.45, 7) is 2.26. The second kappa shape index (κ2) is 10.2. The predicted molar refractivity (Wildman–Crippen MR) is 132 cm³/mol. The molecule has 1 heterocycles. The number of H-pyrrole nitrogens is 1. The molecule has 3 aromatic carbocycles. The Hall–Kier alpha value is -4.13. The zero-order valence-electron chi connectivity index (χ0n) is 19.1. The molecular weight excluding hydrogens is 433 g/mol. The summed E-state index contributed by atoms with van der Waals surface area (Å²) in [5.74, 6) is 0.0786. The molecule has 0 aliphatic carbocycles. The summed E-state index contributed by atoms with van der Waals surface area (Å²) in [6, 6.07) is 20.5. The number of fused-ring (bicyclic) bond motifs is 1. The topological polar surface area (TPSA) is 74.4 Å². The number of methoxy groups -OCH3 is 1. The van der Waals surface area contributed by atoms with Crippen LogP contribution in [0.3, 0.4) is 0 Å². The number of halogens is 1. The maximum absolute atomic E-state index is 14.2. The Bertz CT molecular complexity index is 1380. The van der Waals surface area contributed by atoms with Crippen molar-refractivity contribution in [3.05, 3.63) is 106 Å². The van der Waals surface area contributed by atoms with Crippen molar-refractivity contribution in [2.75, 3.05) is 12.4 Å². The van der Waals surface area contributed by atoms with Crippen molar-refractivity contribution in [2.45, 2.75) is 26.4 Å². The third-order valence-electron chi connectivity index (χ3n) is 5.71. The monoisotopic (exact) mass is 459 g/mol. The van der Waals surface area contributed by atoms with E-state index in [1.807, 2.05) is 36.4 Å². The van der Waals surface area contributed by atoms with Gasteiger partial charge in [0.2, 0.25) is 0 Å². The highest BCUT2D eigenvalue weighted by Gasteiger charge is 2.19. The van der Waals surface area contributed by atoms with Crippen LogP contribution in [0.15, 0.2) is 77.6 Å². The largest absolute Gasteiger partial charge is 0.496 e. The van der Waals surface area contributed by atoms with Crippen LogP contribution in [-0.4, -0.2) is 23.0 Å². The Morgan fingerprint density at radius 2 is 1.74 bits per heavy atom. The summed E-state index contributed by atoms with van der Waals surface area (Å²) in [7, 11) is 1.56. The van der Waals surface area contributed by atoms with Gasteiger partial charge in [0.25, 0.3) is 5.56 Å². The number of nitrogens with zero attached hydrogens (tertiary/aromatic N) is 1. The summed E-state index contributed by atoms with van der Waals surface area (Å²) >= 11 is 0. The fraction of sp³-hybridized carbons (Fsp3) is 0.185. The number of pyridine rings is 1. The third-order valence-corrected chi connectivity index (χ3v) is 5.71. The lowest BCUT2D eigenvalue weighted by Gasteiger charge is -2.24. The molecule has 0 fully saturated rings. The van der Waals surface area contributed by atoms with Crippen molar-refractivity contribution >= 4 is 22.6 Å². The van der Waals surface area contributed by atoms with Gasteiger partial charge in [0.15, 0.2) is 0 Å². The van der Waals surface area contributed by atoms with Crippen LogP contribution in [0.5, 0.6) is 5.75 Å². The number of hydrogen-bond donors (Lipinski definition) is 2. The Labute approximate surface area is 197 Å². The molecule has 4 rings (SSSR count). The summed E-state index contributed by atoms with van der Waals surface area (Å²) in [5.41, 5.74) is 2.86. The highest BCUT2D eigenvalue weighted by Crippen LogP contribution is 2.22. The van der Waals surface area contributed by atoms with Crippen LogP contribution in [0.25, 0.3) is 10.9 Å². The van der Waals surface area contributed by atoms with E-state index < -0.39 is 11.8 Å². The van der Waals surface area contributed by atoms with Crippen LogP contribution in [0.1, 0.15) is 23.6 Å². The predicted octanol–water partition coefficient (Wildman–Crippen LogP) is 5.47. The molecule has 0 radical (unpaired) electrons. The minimum atomic E-state index is -0.538. The first-order valence-corrected chi connectivity index (χ1v) is 11.1. The van der Waals surface area contributed by atoms with Gasteiger partial charge in [-0.05, 0) is 53.8 Å². The number of para-hydroxylation sites is 2. The molecule has 6 nitrogen and oxygen atoms in total. The van der Waals surface area contributed by atoms with Gasteiger partial charge in [0.05, 0.1) is 25.9 Å². The molecule has 4 aromatic rings. The number of rotatable bonds is 7. The second-order valence-electron chi connectivity index (χ2n) is 7.98. The molecule has 0 atom stereocenters. The Balaban J connectivity index is 1.70. The lowest BCUT2D eigenvalue weighted by atomic mass is 10.1. The lowest BCUT2D eigenvalue weighted by molar-refractivity contribution is 0.205. The minimum absolute atomic E-state index is 0.0277. The minimum Gasteiger partial charge on any atom is -0.496 e. The van der Waals surface area contributed by atoms with Crippen LogP contribution >= 0.6 is 0 Å². The Morgan fingerprint density at radius 3 is 2.50 bits per heavy atom. The van der Waals surface area contributed by atoms with Crippen molar-refractivity contribution in [1.82, 2.24) is 9.88 Å². The zero-order valence-corrected chi connectivity index (χ0v) is 19.1. The van der Waals surface area contributed by atoms with E-state index in [0.717, 1.165) is 28.5 Å². The average molecular weight is 460 g/mol. The lowest BCUT2D eigenvalue weighted by Crippen LogP contribution is -2.36. The first-order chi connectivity index (χ1) is 16.5. The van der Waals surface area contributed by atoms with Gasteiger partial charge in [-0.1, -0.05) is 43.3 Å². The zero-order chi connectivity index (χ0) is 24.1. The van der Waals surface area contributed by atoms with E-state index in [9.17, 15) is 14.0 Å². The van der Waals surface area contributed by atoms with E-state index in [2.05, 4.69) is 17.2 Å². The fourth-order valence-corrected chi connectivity index (χ4v) is 3.84. The number of urea groups is 1. The van der Waals surface area contributed by atoms with Gasteiger partial charge >= 0.3 is 6.03 Å². The molecule has 0 aliphatic rings. The standard InChI is InChI=1S/C27H26FN3O3/c1-3-18-12-13-23-20(14-18)15-21(26(32)29-23)17-31(16-19-8-4-7-11-25(19)34-2)27(33)30-24-10-6-5-9-22(24)28/h4-15H,3,16-17H2,1-2H3,(H,29,32)(H,30,33). The van der Waals surface area contributed by atoms with Crippen LogP contribution in [0.2, 0.25) is 0 Å². The molecule has 1 aromatic heterocycles. The first kappa shape index (κ1) is 23.0. The molecule has 2 amide bonds. The smallest absolute Gasteiger partial charge is 0.322 e. The normalized spacial score (nSPS) is 10.8. The number of aromatic amines is 1. The number of benzene rings is 3. The summed E-state index contributed by atoms with van der Waals surface area (Å²) in [6.07, 6.45) is 0.870. The number of hydrogen-bond acceptors (Lipinski definition) is 3. The van der Waals surface area contributed by atoms with E-state index in [1.165, 1.54) is 17.0 Å². The number of ether oxygens (including phenoxy) is 1. The van der Waals surface area contributed by atoms with E-state index in [1.54, 1.807) is 31.4 Å². The number of carbonyl (C=O) groups excluding carboxylic acids is 1. The van der Waals surface area contributed by atoms with Crippen molar-refractivity contribution in [1.29, 1.82) is 0 Å². The third kappa shape index (κ3) is 5.09. The molecule has 0 aliphatic heterocycles. The SMILES string of the molecule is CCc1ccc2[nH]c(=O)c(CN(Cc3ccccc3OC)C(=O)Nc3ccccc3F)cc2c1. The molecule has 0 saturated heterocycles. The number of nitrogens with one attached hydrogen (secondary N) is 2. The molecule has 34 heavy (non-hydrogen) atoms. The maximum atomic E-state index is 14.2. The number of amides is 2. The van der Waals surface area contributed by atoms with Crippen LogP contribution in [0.4, 0.5) is 14.9 Å². The van der Waals surface area contributed by atoms with Gasteiger partial charge in [0, 0.05) is 16.6 Å². The Morgan fingerprint density at radius 1 is 1.00 bits per heavy atom. The van der Waals surface area contributed by atoms with Crippen molar-refractivity contribution in [2.24, 2.45) is 0 Å². The van der Waals surface area contributed by atoms with E-state index in [0.29, 0.717) is 11.3 Å². The van der Waals surface area contributed by atoms with Gasteiger partial charge < -0.3 is 19.9 Å². The molecule has 2 N–H and O–H groups in total. The summed E-state index contributed by atoms with van der Waals surface area (Å²) in [4.78, 5) is 30.4. The van der Waals surface area contributed by atoms with E-state index >= 15 is 0 Å². The van der Waals surface area contributed by atoms with E-state index in [-0.39, 0.29) is 24.3 Å². The van der Waals surface area contributed by atoms with Gasteiger partial charge in [0.1, 0.15) is 11.6 Å². The van der Waals surface area contributed by atoms with Gasteiger partial charge in [-0.25, -0.2) is 9.18 Å². The van der Waals surface area contributed by atoms with Crippen LogP contribution in [0, 0.1) is 5.82 Å². The number of anilines is 1. The number of aromatic nitrogens is 1. The van der Waals surface area contributed by atoms with Crippen molar-refractivity contribution < 1.29 is 13.9 Å². The fourth-order valence-electron chi connectivity index (χ4n) is 3.84. The van der Waals surface area contributed by atoms with Crippen LogP contribution in [-0.2, 0) is 19.5 Å². The summed E-state index contributed by atoms with van der Waals surface area (Å²) in [5, 5.41) is 3.51. The molecule has 0 unspecified atom stereocenters. The van der Waals surface area contributed by atoms with Crippen molar-refractivity contribution in [3.63, 3.8) is 0 Å².